The van der Waals surface area contributed by atoms with Gasteiger partial charge in [-0.25, -0.2) is 5.48 Å². The Bertz CT molecular complexity index is 452. The quantitative estimate of drug-likeness (QED) is 0.830. The van der Waals surface area contributed by atoms with Gasteiger partial charge in [0.25, 0.3) is 11.8 Å². The van der Waals surface area contributed by atoms with Crippen molar-refractivity contribution in [3.05, 3.63) is 34.9 Å². The van der Waals surface area contributed by atoms with E-state index in [2.05, 4.69) is 10.8 Å². The highest BCUT2D eigenvalue weighted by molar-refractivity contribution is 6.30. The molecular weight excluding hydrogens is 268 g/mol. The highest BCUT2D eigenvalue weighted by atomic mass is 35.5. The molecule has 5 nitrogen and oxygen atoms in total. The van der Waals surface area contributed by atoms with E-state index < -0.39 is 11.5 Å². The second kappa shape index (κ2) is 6.54. The summed E-state index contributed by atoms with van der Waals surface area (Å²) >= 11 is 5.72. The number of rotatable bonds is 4. The molecule has 0 aliphatic carbocycles. The molecule has 0 atom stereocenters. The van der Waals surface area contributed by atoms with E-state index in [1.807, 2.05) is 0 Å². The van der Waals surface area contributed by atoms with Crippen LogP contribution in [0, 0.1) is 0 Å². The number of carbonyl (C=O) groups excluding carboxylic acids is 2. The van der Waals surface area contributed by atoms with Gasteiger partial charge < -0.3 is 5.32 Å². The second-order valence-electron chi connectivity index (χ2n) is 4.93. The van der Waals surface area contributed by atoms with Gasteiger partial charge in [0, 0.05) is 10.6 Å². The molecule has 104 valence electrons. The van der Waals surface area contributed by atoms with Crippen LogP contribution in [0.1, 0.15) is 31.1 Å². The lowest BCUT2D eigenvalue weighted by Crippen LogP contribution is -2.40. The minimum absolute atomic E-state index is 0.155. The fraction of sp³-hybridized carbons (Fsp3) is 0.385. The Kier molecular flexibility index (Phi) is 5.32. The number of nitrogens with one attached hydrogen (secondary N) is 2. The van der Waals surface area contributed by atoms with Crippen LogP contribution >= 0.6 is 11.6 Å². The molecule has 0 spiro atoms. The minimum atomic E-state index is -0.476. The third-order valence-electron chi connectivity index (χ3n) is 1.99. The third-order valence-corrected chi connectivity index (χ3v) is 2.24. The van der Waals surface area contributed by atoms with Crippen LogP contribution in [0.25, 0.3) is 0 Å². The van der Waals surface area contributed by atoms with Crippen LogP contribution in [-0.4, -0.2) is 24.0 Å². The summed E-state index contributed by atoms with van der Waals surface area (Å²) in [5, 5.41) is 3.03. The van der Waals surface area contributed by atoms with E-state index in [1.165, 1.54) is 0 Å². The van der Waals surface area contributed by atoms with Crippen LogP contribution in [0.5, 0.6) is 0 Å². The Hall–Kier alpha value is -1.59. The lowest BCUT2D eigenvalue weighted by Gasteiger charge is -2.18. The fourth-order valence-corrected chi connectivity index (χ4v) is 1.24. The SMILES string of the molecule is CC(C)(C)ONC(=O)CNC(=O)c1ccc(Cl)cc1. The predicted octanol–water partition coefficient (Wildman–Crippen LogP) is 1.92. The van der Waals surface area contributed by atoms with Gasteiger partial charge in [-0.1, -0.05) is 11.6 Å². The van der Waals surface area contributed by atoms with Crippen molar-refractivity contribution in [3.63, 3.8) is 0 Å². The summed E-state index contributed by atoms with van der Waals surface area (Å²) in [6.45, 7) is 5.26. The van der Waals surface area contributed by atoms with Gasteiger partial charge in [0.15, 0.2) is 0 Å². The smallest absolute Gasteiger partial charge is 0.262 e. The lowest BCUT2D eigenvalue weighted by atomic mass is 10.2. The molecule has 1 rings (SSSR count). The van der Waals surface area contributed by atoms with Crippen LogP contribution in [-0.2, 0) is 9.63 Å². The highest BCUT2D eigenvalue weighted by Gasteiger charge is 2.13. The highest BCUT2D eigenvalue weighted by Crippen LogP contribution is 2.09. The van der Waals surface area contributed by atoms with Gasteiger partial charge in [0.1, 0.15) is 0 Å². The average molecular weight is 285 g/mol. The topological polar surface area (TPSA) is 67.4 Å². The van der Waals surface area contributed by atoms with Crippen LogP contribution in [0.15, 0.2) is 24.3 Å². The number of halogens is 1. The zero-order valence-corrected chi connectivity index (χ0v) is 11.9. The van der Waals surface area contributed by atoms with Gasteiger partial charge in [-0.15, -0.1) is 0 Å². The van der Waals surface area contributed by atoms with Crippen molar-refractivity contribution >= 4 is 23.4 Å². The van der Waals surface area contributed by atoms with E-state index in [-0.39, 0.29) is 12.5 Å². The first-order valence-electron chi connectivity index (χ1n) is 5.78. The molecule has 0 saturated carbocycles. The molecular formula is C13H17ClN2O3. The summed E-state index contributed by atoms with van der Waals surface area (Å²) in [7, 11) is 0. The third kappa shape index (κ3) is 6.22. The fourth-order valence-electron chi connectivity index (χ4n) is 1.11. The summed E-state index contributed by atoms with van der Waals surface area (Å²) in [5.74, 6) is -0.764. The first kappa shape index (κ1) is 15.5. The van der Waals surface area contributed by atoms with Crippen LogP contribution in [0.2, 0.25) is 5.02 Å². The normalized spacial score (nSPS) is 10.9. The van der Waals surface area contributed by atoms with Gasteiger partial charge in [-0.2, -0.15) is 0 Å². The standard InChI is InChI=1S/C13H17ClN2O3/c1-13(2,3)19-16-11(17)8-15-12(18)9-4-6-10(14)7-5-9/h4-7H,8H2,1-3H3,(H,15,18)(H,16,17). The number of carbonyl (C=O) groups is 2. The predicted molar refractivity (Wildman–Crippen MR) is 72.8 cm³/mol. The van der Waals surface area contributed by atoms with E-state index in [4.69, 9.17) is 16.4 Å². The number of hydroxylamine groups is 1. The van der Waals surface area contributed by atoms with Crippen molar-refractivity contribution in [2.45, 2.75) is 26.4 Å². The molecule has 2 N–H and O–H groups in total. The molecule has 0 saturated heterocycles. The van der Waals surface area contributed by atoms with Crippen molar-refractivity contribution in [2.24, 2.45) is 0 Å². The number of hydrogen-bond donors (Lipinski definition) is 2. The molecule has 0 aliphatic heterocycles. The maximum atomic E-state index is 11.7. The maximum Gasteiger partial charge on any atom is 0.262 e. The summed E-state index contributed by atoms with van der Waals surface area (Å²) < 4.78 is 0. The van der Waals surface area contributed by atoms with Gasteiger partial charge >= 0.3 is 0 Å². The molecule has 0 radical (unpaired) electrons. The maximum absolute atomic E-state index is 11.7. The number of benzene rings is 1. The first-order chi connectivity index (χ1) is 8.78. The van der Waals surface area contributed by atoms with E-state index in [1.54, 1.807) is 45.0 Å². The zero-order valence-electron chi connectivity index (χ0n) is 11.1. The van der Waals surface area contributed by atoms with Crippen LogP contribution in [0.3, 0.4) is 0 Å². The Balaban J connectivity index is 2.38. The molecule has 0 bridgehead atoms. The number of hydrogen-bond acceptors (Lipinski definition) is 3. The molecule has 6 heteroatoms. The Morgan fingerprint density at radius 2 is 1.79 bits per heavy atom. The van der Waals surface area contributed by atoms with E-state index in [0.717, 1.165) is 0 Å². The summed E-state index contributed by atoms with van der Waals surface area (Å²) in [6, 6.07) is 6.39. The molecule has 0 aliphatic rings. The van der Waals surface area contributed by atoms with Gasteiger partial charge in [0.2, 0.25) is 0 Å². The van der Waals surface area contributed by atoms with Gasteiger partial charge in [-0.3, -0.25) is 14.4 Å². The molecule has 0 fully saturated rings. The van der Waals surface area contributed by atoms with Crippen molar-refractivity contribution in [3.8, 4) is 0 Å². The van der Waals surface area contributed by atoms with Crippen LogP contribution in [0.4, 0.5) is 0 Å². The lowest BCUT2D eigenvalue weighted by molar-refractivity contribution is -0.144. The average Bonchev–Trinajstić information content (AvgIpc) is 2.33. The largest absolute Gasteiger partial charge is 0.343 e. The molecule has 1 aromatic carbocycles. The van der Waals surface area contributed by atoms with Crippen molar-refractivity contribution in [2.75, 3.05) is 6.54 Å². The van der Waals surface area contributed by atoms with Crippen molar-refractivity contribution in [1.82, 2.24) is 10.8 Å². The summed E-state index contributed by atoms with van der Waals surface area (Å²) in [5.41, 5.74) is 2.23. The summed E-state index contributed by atoms with van der Waals surface area (Å²) in [6.07, 6.45) is 0. The molecule has 1 aromatic rings. The molecule has 19 heavy (non-hydrogen) atoms. The van der Waals surface area contributed by atoms with Gasteiger partial charge in [0.05, 0.1) is 12.1 Å². The van der Waals surface area contributed by atoms with E-state index >= 15 is 0 Å². The van der Waals surface area contributed by atoms with E-state index in [0.29, 0.717) is 10.6 Å². The Labute approximate surface area is 117 Å². The van der Waals surface area contributed by atoms with Gasteiger partial charge in [-0.05, 0) is 45.0 Å². The second-order valence-corrected chi connectivity index (χ2v) is 5.37. The number of amides is 2. The molecule has 0 unspecified atom stereocenters. The molecule has 0 heterocycles. The van der Waals surface area contributed by atoms with E-state index in [9.17, 15) is 9.59 Å². The minimum Gasteiger partial charge on any atom is -0.343 e. The monoisotopic (exact) mass is 284 g/mol. The van der Waals surface area contributed by atoms with Crippen LogP contribution < -0.4 is 10.8 Å². The first-order valence-corrected chi connectivity index (χ1v) is 6.16. The van der Waals surface area contributed by atoms with Crippen molar-refractivity contribution in [1.29, 1.82) is 0 Å². The zero-order chi connectivity index (χ0) is 14.5. The molecule has 0 aromatic heterocycles. The summed E-state index contributed by atoms with van der Waals surface area (Å²) in [4.78, 5) is 28.2. The molecule has 2 amide bonds. The Morgan fingerprint density at radius 3 is 2.32 bits per heavy atom. The van der Waals surface area contributed by atoms with Crippen molar-refractivity contribution < 1.29 is 14.4 Å². The Morgan fingerprint density at radius 1 is 1.21 bits per heavy atom.